The first-order valence-electron chi connectivity index (χ1n) is 5.04. The highest BCUT2D eigenvalue weighted by Crippen LogP contribution is 2.12. The Bertz CT molecular complexity index is 515. The molecule has 0 aliphatic heterocycles. The van der Waals surface area contributed by atoms with Gasteiger partial charge in [-0.2, -0.15) is 0 Å². The van der Waals surface area contributed by atoms with Crippen LogP contribution in [-0.4, -0.2) is 20.3 Å². The van der Waals surface area contributed by atoms with E-state index in [0.717, 1.165) is 5.56 Å². The first-order chi connectivity index (χ1) is 8.15. The van der Waals surface area contributed by atoms with E-state index in [1.165, 1.54) is 0 Å². The number of halogens is 1. The van der Waals surface area contributed by atoms with Crippen molar-refractivity contribution in [3.63, 3.8) is 0 Å². The van der Waals surface area contributed by atoms with E-state index >= 15 is 0 Å². The van der Waals surface area contributed by atoms with Crippen molar-refractivity contribution < 1.29 is 5.11 Å². The molecule has 0 saturated heterocycles. The average molecular weight is 251 g/mol. The third-order valence-electron chi connectivity index (χ3n) is 2.19. The maximum atomic E-state index is 9.14. The summed E-state index contributed by atoms with van der Waals surface area (Å²) in [6.45, 7) is 2.33. The molecule has 0 radical (unpaired) electrons. The zero-order chi connectivity index (χ0) is 12.3. The number of aromatic hydroxyl groups is 1. The topological polar surface area (TPSA) is 70.9 Å². The quantitative estimate of drug-likeness (QED) is 0.873. The molecule has 0 saturated carbocycles. The maximum Gasteiger partial charge on any atom is 0.243 e. The molecular weight excluding hydrogens is 240 g/mol. The minimum atomic E-state index is 0.244. The minimum absolute atomic E-state index is 0.244. The molecule has 1 aromatic heterocycles. The van der Waals surface area contributed by atoms with Gasteiger partial charge in [0.25, 0.3) is 0 Å². The smallest absolute Gasteiger partial charge is 0.243 e. The highest BCUT2D eigenvalue weighted by atomic mass is 35.5. The van der Waals surface area contributed by atoms with E-state index in [-0.39, 0.29) is 5.75 Å². The van der Waals surface area contributed by atoms with Gasteiger partial charge in [0, 0.05) is 6.54 Å². The number of anilines is 1. The van der Waals surface area contributed by atoms with Crippen LogP contribution < -0.4 is 5.32 Å². The maximum absolute atomic E-state index is 9.14. The number of phenols is 1. The molecule has 5 nitrogen and oxygen atoms in total. The molecule has 1 heterocycles. The molecule has 1 aromatic carbocycles. The Morgan fingerprint density at radius 3 is 2.59 bits per heavy atom. The predicted octanol–water partition coefficient (Wildman–Crippen LogP) is 2.15. The van der Waals surface area contributed by atoms with Crippen molar-refractivity contribution >= 4 is 17.5 Å². The molecular formula is C11H11ClN4O. The number of aromatic nitrogens is 3. The summed E-state index contributed by atoms with van der Waals surface area (Å²) in [5.41, 5.74) is 1.65. The van der Waals surface area contributed by atoms with Crippen molar-refractivity contribution in [2.24, 2.45) is 0 Å². The summed E-state index contributed by atoms with van der Waals surface area (Å²) < 4.78 is 0. The molecule has 0 fully saturated rings. The second kappa shape index (κ2) is 4.97. The van der Waals surface area contributed by atoms with Gasteiger partial charge < -0.3 is 10.4 Å². The monoisotopic (exact) mass is 250 g/mol. The number of nitrogens with one attached hydrogen (secondary N) is 1. The first-order valence-corrected chi connectivity index (χ1v) is 5.41. The van der Waals surface area contributed by atoms with E-state index in [9.17, 15) is 0 Å². The molecule has 2 aromatic rings. The van der Waals surface area contributed by atoms with Crippen LogP contribution in [0.3, 0.4) is 0 Å². The third-order valence-corrected chi connectivity index (χ3v) is 2.54. The number of rotatable bonds is 3. The summed E-state index contributed by atoms with van der Waals surface area (Å²) in [7, 11) is 0. The van der Waals surface area contributed by atoms with Crippen LogP contribution in [0.4, 0.5) is 5.95 Å². The fraction of sp³-hybridized carbons (Fsp3) is 0.182. The lowest BCUT2D eigenvalue weighted by Gasteiger charge is -2.05. The Morgan fingerprint density at radius 1 is 1.24 bits per heavy atom. The van der Waals surface area contributed by atoms with Crippen LogP contribution in [0, 0.1) is 6.92 Å². The molecule has 2 rings (SSSR count). The molecule has 0 atom stereocenters. The van der Waals surface area contributed by atoms with Crippen molar-refractivity contribution in [2.75, 3.05) is 5.32 Å². The molecule has 6 heteroatoms. The Kier molecular flexibility index (Phi) is 3.39. The summed E-state index contributed by atoms with van der Waals surface area (Å²) in [4.78, 5) is 4.14. The first kappa shape index (κ1) is 11.6. The predicted molar refractivity (Wildman–Crippen MR) is 65.0 cm³/mol. The third kappa shape index (κ3) is 3.04. The lowest BCUT2D eigenvalue weighted by molar-refractivity contribution is 0.475. The second-order valence-corrected chi connectivity index (χ2v) is 3.89. The number of nitrogens with zero attached hydrogens (tertiary/aromatic N) is 3. The number of hydrogen-bond acceptors (Lipinski definition) is 5. The Balaban J connectivity index is 2.02. The van der Waals surface area contributed by atoms with E-state index in [1.54, 1.807) is 19.1 Å². The van der Waals surface area contributed by atoms with Crippen molar-refractivity contribution in [2.45, 2.75) is 13.5 Å². The van der Waals surface area contributed by atoms with Crippen LogP contribution in [-0.2, 0) is 6.54 Å². The van der Waals surface area contributed by atoms with Crippen LogP contribution in [0.2, 0.25) is 5.15 Å². The van der Waals surface area contributed by atoms with Gasteiger partial charge in [0.15, 0.2) is 5.15 Å². The lowest BCUT2D eigenvalue weighted by Crippen LogP contribution is -2.05. The Morgan fingerprint density at radius 2 is 1.94 bits per heavy atom. The van der Waals surface area contributed by atoms with E-state index in [4.69, 9.17) is 16.7 Å². The molecule has 0 bridgehead atoms. The molecule has 0 aliphatic carbocycles. The summed E-state index contributed by atoms with van der Waals surface area (Å²) in [5, 5.41) is 20.0. The van der Waals surface area contributed by atoms with Gasteiger partial charge in [0.1, 0.15) is 5.75 Å². The Labute approximate surface area is 103 Å². The summed E-state index contributed by atoms with van der Waals surface area (Å²) >= 11 is 5.72. The highest BCUT2D eigenvalue weighted by Gasteiger charge is 2.02. The molecule has 17 heavy (non-hydrogen) atoms. The SMILES string of the molecule is Cc1nc(NCc2ccc(O)cc2)nnc1Cl. The van der Waals surface area contributed by atoms with Crippen molar-refractivity contribution in [1.82, 2.24) is 15.2 Å². The van der Waals surface area contributed by atoms with Crippen molar-refractivity contribution in [1.29, 1.82) is 0 Å². The van der Waals surface area contributed by atoms with E-state index in [2.05, 4.69) is 20.5 Å². The molecule has 0 amide bonds. The molecule has 88 valence electrons. The van der Waals surface area contributed by atoms with Crippen LogP contribution in [0.25, 0.3) is 0 Å². The molecule has 2 N–H and O–H groups in total. The number of benzene rings is 1. The highest BCUT2D eigenvalue weighted by molar-refractivity contribution is 6.29. The minimum Gasteiger partial charge on any atom is -0.508 e. The fourth-order valence-corrected chi connectivity index (χ4v) is 1.34. The van der Waals surface area contributed by atoms with Crippen molar-refractivity contribution in [3.8, 4) is 5.75 Å². The zero-order valence-corrected chi connectivity index (χ0v) is 9.94. The van der Waals surface area contributed by atoms with Gasteiger partial charge in [0.2, 0.25) is 5.95 Å². The van der Waals surface area contributed by atoms with Gasteiger partial charge in [-0.05, 0) is 24.6 Å². The number of phenolic OH excluding ortho intramolecular Hbond substituents is 1. The van der Waals surface area contributed by atoms with Gasteiger partial charge in [-0.25, -0.2) is 4.98 Å². The normalized spacial score (nSPS) is 10.2. The zero-order valence-electron chi connectivity index (χ0n) is 9.18. The van der Waals surface area contributed by atoms with Crippen LogP contribution in [0.1, 0.15) is 11.3 Å². The van der Waals surface area contributed by atoms with Gasteiger partial charge in [-0.3, -0.25) is 0 Å². The van der Waals surface area contributed by atoms with Gasteiger partial charge in [-0.15, -0.1) is 10.2 Å². The average Bonchev–Trinajstić information content (AvgIpc) is 2.33. The van der Waals surface area contributed by atoms with Crippen LogP contribution >= 0.6 is 11.6 Å². The Hall–Kier alpha value is -1.88. The molecule has 0 spiro atoms. The van der Waals surface area contributed by atoms with Gasteiger partial charge >= 0.3 is 0 Å². The summed E-state index contributed by atoms with van der Waals surface area (Å²) in [6, 6.07) is 6.89. The van der Waals surface area contributed by atoms with E-state index in [0.29, 0.717) is 23.3 Å². The summed E-state index contributed by atoms with van der Waals surface area (Å²) in [6.07, 6.45) is 0. The second-order valence-electron chi connectivity index (χ2n) is 3.53. The lowest BCUT2D eigenvalue weighted by atomic mass is 10.2. The standard InChI is InChI=1S/C11H11ClN4O/c1-7-10(12)15-16-11(14-7)13-6-8-2-4-9(17)5-3-8/h2-5,17H,6H2,1H3,(H,13,14,16). The fourth-order valence-electron chi connectivity index (χ4n) is 1.26. The van der Waals surface area contributed by atoms with E-state index < -0.39 is 0 Å². The van der Waals surface area contributed by atoms with Gasteiger partial charge in [0.05, 0.1) is 5.69 Å². The van der Waals surface area contributed by atoms with Crippen LogP contribution in [0.5, 0.6) is 5.75 Å². The van der Waals surface area contributed by atoms with Crippen LogP contribution in [0.15, 0.2) is 24.3 Å². The number of hydrogen-bond donors (Lipinski definition) is 2. The molecule has 0 aliphatic rings. The number of aryl methyl sites for hydroxylation is 1. The molecule has 0 unspecified atom stereocenters. The van der Waals surface area contributed by atoms with Gasteiger partial charge in [-0.1, -0.05) is 23.7 Å². The largest absolute Gasteiger partial charge is 0.508 e. The van der Waals surface area contributed by atoms with Crippen molar-refractivity contribution in [3.05, 3.63) is 40.7 Å². The van der Waals surface area contributed by atoms with E-state index in [1.807, 2.05) is 12.1 Å². The summed E-state index contributed by atoms with van der Waals surface area (Å²) in [5.74, 6) is 0.675.